The Morgan fingerprint density at radius 2 is 2.00 bits per heavy atom. The fourth-order valence-electron chi connectivity index (χ4n) is 1.38. The Morgan fingerprint density at radius 3 is 2.57 bits per heavy atom. The fourth-order valence-corrected chi connectivity index (χ4v) is 1.57. The van der Waals surface area contributed by atoms with E-state index in [2.05, 4.69) is 4.74 Å². The van der Waals surface area contributed by atoms with Crippen LogP contribution in [-0.4, -0.2) is 26.2 Å². The van der Waals surface area contributed by atoms with E-state index in [0.29, 0.717) is 16.3 Å². The lowest BCUT2D eigenvalue weighted by molar-refractivity contribution is -0.142. The molecule has 0 saturated heterocycles. The van der Waals surface area contributed by atoms with Gasteiger partial charge in [-0.25, -0.2) is 4.79 Å². The molecule has 6 nitrogen and oxygen atoms in total. The average Bonchev–Trinajstić information content (AvgIpc) is 2.45. The molecule has 0 spiro atoms. The second-order valence-corrected chi connectivity index (χ2v) is 4.28. The van der Waals surface area contributed by atoms with Crippen LogP contribution >= 0.6 is 11.6 Å². The first-order chi connectivity index (χ1) is 9.97. The summed E-state index contributed by atoms with van der Waals surface area (Å²) in [4.78, 5) is 22.4. The van der Waals surface area contributed by atoms with Crippen LogP contribution in [0.5, 0.6) is 5.75 Å². The van der Waals surface area contributed by atoms with Gasteiger partial charge in [0.2, 0.25) is 5.76 Å². The van der Waals surface area contributed by atoms with Gasteiger partial charge in [-0.05, 0) is 18.2 Å². The summed E-state index contributed by atoms with van der Waals surface area (Å²) < 4.78 is 19.7. The van der Waals surface area contributed by atoms with Crippen LogP contribution in [0, 0.1) is 0 Å². The number of rotatable bonds is 6. The lowest BCUT2D eigenvalue weighted by atomic mass is 10.2. The topological polar surface area (TPSA) is 71.1 Å². The highest BCUT2D eigenvalue weighted by atomic mass is 35.5. The molecule has 0 saturated carbocycles. The summed E-state index contributed by atoms with van der Waals surface area (Å²) in [7, 11) is 2.59. The summed E-state index contributed by atoms with van der Waals surface area (Å²) >= 11 is 5.89. The molecule has 7 heteroatoms. The molecule has 0 heterocycles. The molecular weight excluding hydrogens is 300 g/mol. The standard InChI is InChI=1S/C14H15ClO6/c1-9(16)20-7-10-6-11(15)4-5-12(10)21-13(8-18-2)14(17)19-3/h4-6,8H,7H2,1-3H3/b13-8+. The molecule has 0 radical (unpaired) electrons. The number of halogens is 1. The first kappa shape index (κ1) is 16.8. The zero-order valence-electron chi connectivity index (χ0n) is 11.8. The summed E-state index contributed by atoms with van der Waals surface area (Å²) in [6.07, 6.45) is 1.11. The van der Waals surface area contributed by atoms with Crippen LogP contribution in [0.2, 0.25) is 5.02 Å². The van der Waals surface area contributed by atoms with Crippen molar-refractivity contribution in [2.75, 3.05) is 14.2 Å². The fraction of sp³-hybridized carbons (Fsp3) is 0.286. The van der Waals surface area contributed by atoms with E-state index in [9.17, 15) is 9.59 Å². The number of hydrogen-bond donors (Lipinski definition) is 0. The van der Waals surface area contributed by atoms with Crippen LogP contribution in [0.3, 0.4) is 0 Å². The molecule has 21 heavy (non-hydrogen) atoms. The molecule has 0 aliphatic carbocycles. The van der Waals surface area contributed by atoms with Crippen molar-refractivity contribution >= 4 is 23.5 Å². The summed E-state index contributed by atoms with van der Waals surface area (Å²) in [5, 5.41) is 0.444. The molecule has 0 atom stereocenters. The molecule has 0 aliphatic heterocycles. The minimum Gasteiger partial charge on any atom is -0.500 e. The van der Waals surface area contributed by atoms with Crippen molar-refractivity contribution in [2.24, 2.45) is 0 Å². The third kappa shape index (κ3) is 5.35. The summed E-state index contributed by atoms with van der Waals surface area (Å²) in [6, 6.07) is 4.70. The van der Waals surface area contributed by atoms with Gasteiger partial charge in [0.1, 0.15) is 18.6 Å². The number of carbonyl (C=O) groups is 2. The van der Waals surface area contributed by atoms with Crippen molar-refractivity contribution in [1.29, 1.82) is 0 Å². The average molecular weight is 315 g/mol. The summed E-state index contributed by atoms with van der Waals surface area (Å²) in [6.45, 7) is 1.25. The number of carbonyl (C=O) groups excluding carboxylic acids is 2. The van der Waals surface area contributed by atoms with Crippen molar-refractivity contribution < 1.29 is 28.5 Å². The molecular formula is C14H15ClO6. The Morgan fingerprint density at radius 1 is 1.29 bits per heavy atom. The van der Waals surface area contributed by atoms with Crippen molar-refractivity contribution in [3.63, 3.8) is 0 Å². The van der Waals surface area contributed by atoms with Crippen LogP contribution in [-0.2, 0) is 30.4 Å². The molecule has 0 aromatic heterocycles. The maximum Gasteiger partial charge on any atom is 0.377 e. The van der Waals surface area contributed by atoms with E-state index < -0.39 is 11.9 Å². The van der Waals surface area contributed by atoms with Gasteiger partial charge in [-0.1, -0.05) is 11.6 Å². The van der Waals surface area contributed by atoms with Gasteiger partial charge in [-0.15, -0.1) is 0 Å². The van der Waals surface area contributed by atoms with E-state index >= 15 is 0 Å². The lowest BCUT2D eigenvalue weighted by Crippen LogP contribution is -2.12. The van der Waals surface area contributed by atoms with Gasteiger partial charge in [-0.3, -0.25) is 4.79 Å². The van der Waals surface area contributed by atoms with Crippen LogP contribution in [0.25, 0.3) is 0 Å². The van der Waals surface area contributed by atoms with Gasteiger partial charge in [0.25, 0.3) is 0 Å². The van der Waals surface area contributed by atoms with Crippen LogP contribution in [0.4, 0.5) is 0 Å². The zero-order chi connectivity index (χ0) is 15.8. The van der Waals surface area contributed by atoms with E-state index in [4.69, 9.17) is 25.8 Å². The van der Waals surface area contributed by atoms with E-state index in [-0.39, 0.29) is 12.4 Å². The van der Waals surface area contributed by atoms with E-state index in [1.54, 1.807) is 18.2 Å². The van der Waals surface area contributed by atoms with Gasteiger partial charge in [0, 0.05) is 17.5 Å². The molecule has 1 aromatic carbocycles. The van der Waals surface area contributed by atoms with E-state index in [0.717, 1.165) is 6.26 Å². The Labute approximate surface area is 127 Å². The van der Waals surface area contributed by atoms with Crippen LogP contribution in [0.1, 0.15) is 12.5 Å². The second-order valence-electron chi connectivity index (χ2n) is 3.84. The Bertz CT molecular complexity index is 552. The van der Waals surface area contributed by atoms with Crippen molar-refractivity contribution in [1.82, 2.24) is 0 Å². The molecule has 0 unspecified atom stereocenters. The third-order valence-electron chi connectivity index (χ3n) is 2.28. The number of esters is 2. The monoisotopic (exact) mass is 314 g/mol. The predicted octanol–water partition coefficient (Wildman–Crippen LogP) is 2.44. The Kier molecular flexibility index (Phi) is 6.55. The van der Waals surface area contributed by atoms with Crippen molar-refractivity contribution in [2.45, 2.75) is 13.5 Å². The number of hydrogen-bond acceptors (Lipinski definition) is 6. The third-order valence-corrected chi connectivity index (χ3v) is 2.52. The minimum atomic E-state index is -0.703. The van der Waals surface area contributed by atoms with Crippen LogP contribution < -0.4 is 4.74 Å². The normalized spacial score (nSPS) is 10.8. The van der Waals surface area contributed by atoms with Crippen molar-refractivity contribution in [3.05, 3.63) is 40.8 Å². The maximum atomic E-state index is 11.5. The Balaban J connectivity index is 3.02. The van der Waals surface area contributed by atoms with E-state index in [1.807, 2.05) is 0 Å². The van der Waals surface area contributed by atoms with E-state index in [1.165, 1.54) is 21.1 Å². The smallest absolute Gasteiger partial charge is 0.377 e. The Hall–Kier alpha value is -2.21. The van der Waals surface area contributed by atoms with Gasteiger partial charge in [0.05, 0.1) is 14.2 Å². The minimum absolute atomic E-state index is 0.0351. The van der Waals surface area contributed by atoms with Crippen molar-refractivity contribution in [3.8, 4) is 5.75 Å². The molecule has 0 aliphatic rings. The molecule has 1 rings (SSSR count). The molecule has 0 fully saturated rings. The second kappa shape index (κ2) is 8.16. The maximum absolute atomic E-state index is 11.5. The lowest BCUT2D eigenvalue weighted by Gasteiger charge is -2.12. The highest BCUT2D eigenvalue weighted by Gasteiger charge is 2.16. The molecule has 114 valence electrons. The number of ether oxygens (including phenoxy) is 4. The molecule has 1 aromatic rings. The first-order valence-electron chi connectivity index (χ1n) is 5.88. The van der Waals surface area contributed by atoms with Gasteiger partial charge >= 0.3 is 11.9 Å². The summed E-state index contributed by atoms with van der Waals surface area (Å²) in [5.41, 5.74) is 0.503. The highest BCUT2D eigenvalue weighted by Crippen LogP contribution is 2.25. The quantitative estimate of drug-likeness (QED) is 0.456. The van der Waals surface area contributed by atoms with Crippen LogP contribution in [0.15, 0.2) is 30.2 Å². The molecule has 0 bridgehead atoms. The molecule has 0 N–H and O–H groups in total. The highest BCUT2D eigenvalue weighted by molar-refractivity contribution is 6.30. The first-order valence-corrected chi connectivity index (χ1v) is 6.26. The van der Waals surface area contributed by atoms with Gasteiger partial charge < -0.3 is 18.9 Å². The van der Waals surface area contributed by atoms with Gasteiger partial charge in [-0.2, -0.15) is 0 Å². The summed E-state index contributed by atoms with van der Waals surface area (Å²) in [5.74, 6) is -0.993. The zero-order valence-corrected chi connectivity index (χ0v) is 12.6. The SMILES string of the molecule is CO/C=C(/Oc1ccc(Cl)cc1COC(C)=O)C(=O)OC. The number of benzene rings is 1. The largest absolute Gasteiger partial charge is 0.500 e. The van der Waals surface area contributed by atoms with Gasteiger partial charge in [0.15, 0.2) is 0 Å². The molecule has 0 amide bonds. The number of methoxy groups -OCH3 is 2. The predicted molar refractivity (Wildman–Crippen MR) is 74.7 cm³/mol.